The van der Waals surface area contributed by atoms with E-state index in [1.54, 1.807) is 48.7 Å². The van der Waals surface area contributed by atoms with E-state index in [2.05, 4.69) is 13.8 Å². The van der Waals surface area contributed by atoms with E-state index in [1.807, 2.05) is 0 Å². The van der Waals surface area contributed by atoms with Crippen molar-refractivity contribution in [1.82, 2.24) is 27.7 Å². The summed E-state index contributed by atoms with van der Waals surface area (Å²) in [5.74, 6) is -0.118. The van der Waals surface area contributed by atoms with Crippen molar-refractivity contribution in [3.05, 3.63) is 35.2 Å². The first kappa shape index (κ1) is 19.9. The number of sulfonamides is 1. The first-order valence-electron chi connectivity index (χ1n) is 9.31. The Kier molecular flexibility index (Phi) is 5.13. The fourth-order valence-electron chi connectivity index (χ4n) is 3.69. The minimum Gasteiger partial charge on any atom is -0.337 e. The van der Waals surface area contributed by atoms with Crippen LogP contribution in [0.4, 0.5) is 0 Å². The van der Waals surface area contributed by atoms with Crippen LogP contribution in [0, 0.1) is 13.8 Å². The Hall–Kier alpha value is -2.37. The quantitative estimate of drug-likeness (QED) is 0.620. The number of hydrogen-bond acceptors (Lipinski definition) is 7. The number of fused-ring (bicyclic) bond motifs is 1. The van der Waals surface area contributed by atoms with Gasteiger partial charge in [0.2, 0.25) is 10.0 Å². The molecule has 154 valence electrons. The zero-order valence-corrected chi connectivity index (χ0v) is 18.1. The van der Waals surface area contributed by atoms with Gasteiger partial charge in [-0.2, -0.15) is 18.2 Å². The maximum atomic E-state index is 13.2. The van der Waals surface area contributed by atoms with Gasteiger partial charge in [-0.3, -0.25) is 9.48 Å². The second-order valence-corrected chi connectivity index (χ2v) is 9.54. The fraction of sp³-hybridized carbons (Fsp3) is 0.444. The molecule has 0 aliphatic carbocycles. The second kappa shape index (κ2) is 7.47. The summed E-state index contributed by atoms with van der Waals surface area (Å²) in [6, 6.07) is 5.27. The van der Waals surface area contributed by atoms with Gasteiger partial charge in [-0.1, -0.05) is 0 Å². The summed E-state index contributed by atoms with van der Waals surface area (Å²) in [6.45, 7) is 4.92. The molecule has 0 saturated carbocycles. The average Bonchev–Trinajstić information content (AvgIpc) is 3.14. The van der Waals surface area contributed by atoms with Crippen LogP contribution in [0.3, 0.4) is 0 Å². The standard InChI is InChI=1S/C18H22N6O3S2/c1-12-17(13(2)22(3)19-12)29(26,27)24-8-4-7-23(9-10-24)18(25)14-5-6-15-16(11-14)21-28-20-15/h5-6,11H,4,7-10H2,1-3H3. The van der Waals surface area contributed by atoms with Gasteiger partial charge < -0.3 is 4.90 Å². The molecule has 0 radical (unpaired) electrons. The van der Waals surface area contributed by atoms with E-state index in [0.29, 0.717) is 48.5 Å². The molecule has 11 heteroatoms. The molecular weight excluding hydrogens is 412 g/mol. The molecule has 1 aromatic carbocycles. The third-order valence-electron chi connectivity index (χ3n) is 5.28. The number of aromatic nitrogens is 4. The van der Waals surface area contributed by atoms with Crippen molar-refractivity contribution in [2.45, 2.75) is 25.2 Å². The van der Waals surface area contributed by atoms with Gasteiger partial charge in [0.25, 0.3) is 5.91 Å². The van der Waals surface area contributed by atoms with Gasteiger partial charge in [0.15, 0.2) is 0 Å². The van der Waals surface area contributed by atoms with Gasteiger partial charge in [-0.25, -0.2) is 8.42 Å². The molecule has 1 saturated heterocycles. The van der Waals surface area contributed by atoms with Gasteiger partial charge >= 0.3 is 0 Å². The van der Waals surface area contributed by atoms with Crippen LogP contribution in [0.1, 0.15) is 28.2 Å². The lowest BCUT2D eigenvalue weighted by Gasteiger charge is -2.22. The number of benzene rings is 1. The molecule has 2 aromatic heterocycles. The molecule has 0 N–H and O–H groups in total. The zero-order valence-electron chi connectivity index (χ0n) is 16.5. The zero-order chi connectivity index (χ0) is 20.8. The van der Waals surface area contributed by atoms with Crippen molar-refractivity contribution in [1.29, 1.82) is 0 Å². The van der Waals surface area contributed by atoms with Crippen LogP contribution in [0.15, 0.2) is 23.1 Å². The lowest BCUT2D eigenvalue weighted by atomic mass is 10.1. The Bertz CT molecular complexity index is 1180. The van der Waals surface area contributed by atoms with Crippen molar-refractivity contribution in [3.8, 4) is 0 Å². The van der Waals surface area contributed by atoms with Crippen LogP contribution in [0.25, 0.3) is 11.0 Å². The van der Waals surface area contributed by atoms with Crippen molar-refractivity contribution in [3.63, 3.8) is 0 Å². The predicted octanol–water partition coefficient (Wildman–Crippen LogP) is 1.58. The monoisotopic (exact) mass is 434 g/mol. The lowest BCUT2D eigenvalue weighted by Crippen LogP contribution is -2.37. The van der Waals surface area contributed by atoms with Gasteiger partial charge in [0, 0.05) is 38.8 Å². The highest BCUT2D eigenvalue weighted by Crippen LogP contribution is 2.24. The second-order valence-electron chi connectivity index (χ2n) is 7.14. The van der Waals surface area contributed by atoms with Crippen molar-refractivity contribution in [2.24, 2.45) is 7.05 Å². The van der Waals surface area contributed by atoms with Gasteiger partial charge in [0.1, 0.15) is 15.9 Å². The molecule has 1 aliphatic heterocycles. The summed E-state index contributed by atoms with van der Waals surface area (Å²) < 4.78 is 37.8. The summed E-state index contributed by atoms with van der Waals surface area (Å²) in [5.41, 5.74) is 3.11. The number of carbonyl (C=O) groups is 1. The molecule has 29 heavy (non-hydrogen) atoms. The summed E-state index contributed by atoms with van der Waals surface area (Å²) >= 11 is 1.11. The molecule has 1 aliphatic rings. The first-order chi connectivity index (χ1) is 13.8. The number of nitrogens with zero attached hydrogens (tertiary/aromatic N) is 6. The van der Waals surface area contributed by atoms with Crippen molar-refractivity contribution >= 4 is 38.7 Å². The van der Waals surface area contributed by atoms with Gasteiger partial charge in [0.05, 0.1) is 23.1 Å². The Morgan fingerprint density at radius 3 is 2.55 bits per heavy atom. The number of aryl methyl sites for hydroxylation is 2. The lowest BCUT2D eigenvalue weighted by molar-refractivity contribution is 0.0764. The minimum atomic E-state index is -3.67. The molecule has 0 atom stereocenters. The Morgan fingerprint density at radius 2 is 1.83 bits per heavy atom. The first-order valence-corrected chi connectivity index (χ1v) is 11.5. The number of rotatable bonds is 3. The van der Waals surface area contributed by atoms with E-state index in [4.69, 9.17) is 0 Å². The molecule has 4 rings (SSSR count). The topological polar surface area (TPSA) is 101 Å². The van der Waals surface area contributed by atoms with Crippen molar-refractivity contribution < 1.29 is 13.2 Å². The van der Waals surface area contributed by atoms with Crippen LogP contribution in [0.5, 0.6) is 0 Å². The van der Waals surface area contributed by atoms with Gasteiger partial charge in [-0.15, -0.1) is 0 Å². The van der Waals surface area contributed by atoms with Crippen LogP contribution in [0.2, 0.25) is 0 Å². The van der Waals surface area contributed by atoms with E-state index >= 15 is 0 Å². The Balaban J connectivity index is 1.53. The van der Waals surface area contributed by atoms with Crippen molar-refractivity contribution in [2.75, 3.05) is 26.2 Å². The molecule has 9 nitrogen and oxygen atoms in total. The van der Waals surface area contributed by atoms with Crippen LogP contribution in [-0.4, -0.2) is 68.2 Å². The number of hydrogen-bond donors (Lipinski definition) is 0. The number of amides is 1. The summed E-state index contributed by atoms with van der Waals surface area (Å²) in [6.07, 6.45) is 0.573. The summed E-state index contributed by atoms with van der Waals surface area (Å²) in [7, 11) is -1.93. The predicted molar refractivity (Wildman–Crippen MR) is 109 cm³/mol. The van der Waals surface area contributed by atoms with E-state index in [1.165, 1.54) is 4.31 Å². The van der Waals surface area contributed by atoms with Gasteiger partial charge in [-0.05, 0) is 38.5 Å². The van der Waals surface area contributed by atoms with Crippen LogP contribution >= 0.6 is 11.7 Å². The molecule has 1 fully saturated rings. The molecule has 0 unspecified atom stereocenters. The molecule has 0 spiro atoms. The smallest absolute Gasteiger partial charge is 0.253 e. The molecule has 1 amide bonds. The normalized spacial score (nSPS) is 16.3. The number of carbonyl (C=O) groups excluding carboxylic acids is 1. The van der Waals surface area contributed by atoms with E-state index in [-0.39, 0.29) is 17.3 Å². The highest BCUT2D eigenvalue weighted by atomic mass is 32.2. The third kappa shape index (κ3) is 3.53. The van der Waals surface area contributed by atoms with E-state index in [9.17, 15) is 13.2 Å². The Labute approximate surface area is 173 Å². The minimum absolute atomic E-state index is 0.118. The molecule has 3 heterocycles. The summed E-state index contributed by atoms with van der Waals surface area (Å²) in [5, 5.41) is 4.23. The van der Waals surface area contributed by atoms with E-state index in [0.717, 1.165) is 17.2 Å². The van der Waals surface area contributed by atoms with Crippen LogP contribution in [-0.2, 0) is 17.1 Å². The SMILES string of the molecule is Cc1nn(C)c(C)c1S(=O)(=O)N1CCCN(C(=O)c2ccc3nsnc3c2)CC1. The molecule has 3 aromatic rings. The maximum Gasteiger partial charge on any atom is 0.253 e. The highest BCUT2D eigenvalue weighted by Gasteiger charge is 2.32. The van der Waals surface area contributed by atoms with Crippen LogP contribution < -0.4 is 0 Å². The fourth-order valence-corrected chi connectivity index (χ4v) is 6.08. The molecular formula is C18H22N6O3S2. The highest BCUT2D eigenvalue weighted by molar-refractivity contribution is 7.89. The largest absolute Gasteiger partial charge is 0.337 e. The molecule has 0 bridgehead atoms. The third-order valence-corrected chi connectivity index (χ3v) is 7.99. The Morgan fingerprint density at radius 1 is 1.07 bits per heavy atom. The van der Waals surface area contributed by atoms with E-state index < -0.39 is 10.0 Å². The maximum absolute atomic E-state index is 13.2. The summed E-state index contributed by atoms with van der Waals surface area (Å²) in [4.78, 5) is 14.9. The average molecular weight is 435 g/mol.